The Morgan fingerprint density at radius 3 is 1.21 bits per heavy atom. The van der Waals surface area contributed by atoms with Crippen LogP contribution in [0, 0.1) is 0 Å². The van der Waals surface area contributed by atoms with Crippen LogP contribution in [0.4, 0.5) is 4.79 Å². The third-order valence-corrected chi connectivity index (χ3v) is 12.8. The van der Waals surface area contributed by atoms with Crippen molar-refractivity contribution in [3.8, 4) is 0 Å². The van der Waals surface area contributed by atoms with Crippen LogP contribution in [0.2, 0.25) is 0 Å². The van der Waals surface area contributed by atoms with Crippen molar-refractivity contribution in [3.63, 3.8) is 0 Å². The molecule has 1 atom stereocenters. The molecule has 0 N–H and O–H groups in total. The molecule has 0 aliphatic carbocycles. The normalized spacial score (nSPS) is 12.5. The highest BCUT2D eigenvalue weighted by Gasteiger charge is 2.23. The van der Waals surface area contributed by atoms with Gasteiger partial charge in [0, 0.05) is 25.7 Å². The molecular formula is C62H112NO9+. The van der Waals surface area contributed by atoms with E-state index in [9.17, 15) is 19.2 Å². The summed E-state index contributed by atoms with van der Waals surface area (Å²) in [5.74, 6) is -1.24. The molecule has 0 aromatic heterocycles. The molecule has 0 aliphatic rings. The van der Waals surface area contributed by atoms with Crippen molar-refractivity contribution < 1.29 is 47.3 Å². The van der Waals surface area contributed by atoms with Gasteiger partial charge in [0.1, 0.15) is 25.9 Å². The van der Waals surface area contributed by atoms with Crippen LogP contribution in [0.25, 0.3) is 0 Å². The molecule has 0 saturated heterocycles. The van der Waals surface area contributed by atoms with Gasteiger partial charge in [0.05, 0.1) is 27.7 Å². The number of hydrogen-bond donors (Lipinski definition) is 0. The van der Waals surface area contributed by atoms with Crippen LogP contribution in [0.5, 0.6) is 0 Å². The molecule has 0 heterocycles. The van der Waals surface area contributed by atoms with Gasteiger partial charge in [0.2, 0.25) is 0 Å². The summed E-state index contributed by atoms with van der Waals surface area (Å²) in [6.07, 6.45) is 54.2. The van der Waals surface area contributed by atoms with E-state index in [1.807, 2.05) is 0 Å². The second-order valence-electron chi connectivity index (χ2n) is 21.2. The van der Waals surface area contributed by atoms with Gasteiger partial charge in [-0.05, 0) is 96.3 Å². The zero-order valence-corrected chi connectivity index (χ0v) is 47.6. The lowest BCUT2D eigenvalue weighted by molar-refractivity contribution is -0.870. The van der Waals surface area contributed by atoms with Gasteiger partial charge in [0.25, 0.3) is 0 Å². The van der Waals surface area contributed by atoms with Crippen LogP contribution in [-0.2, 0) is 38.1 Å². The van der Waals surface area contributed by atoms with Crippen molar-refractivity contribution in [2.75, 3.05) is 47.5 Å². The first-order valence-corrected chi connectivity index (χ1v) is 29.7. The molecule has 0 radical (unpaired) electrons. The zero-order valence-electron chi connectivity index (χ0n) is 47.6. The van der Waals surface area contributed by atoms with Gasteiger partial charge >= 0.3 is 24.1 Å². The molecule has 0 aliphatic heterocycles. The standard InChI is InChI=1S/C62H112NO9/c1-7-10-13-16-19-22-25-27-29-31-33-36-39-42-45-49-59(64)69-55-58(56-70-60(65)50-46-43-40-37-34-32-30-28-26-23-20-17-14-11-8-2)71-61(66)52-51-57(72-62(67)68-54-47-53-63(4,5)6)48-44-41-38-35-24-21-18-15-12-9-3/h19-20,22-23,27-30,57-58H,7-18,21,24-26,31-56H2,1-6H3/q+1/b22-19-,23-20-,29-27-,30-28-. The van der Waals surface area contributed by atoms with Crippen molar-refractivity contribution in [1.82, 2.24) is 0 Å². The first-order valence-electron chi connectivity index (χ1n) is 29.7. The molecule has 0 aromatic carbocycles. The van der Waals surface area contributed by atoms with Crippen LogP contribution in [0.15, 0.2) is 48.6 Å². The molecule has 0 amide bonds. The maximum absolute atomic E-state index is 13.3. The Balaban J connectivity index is 5.11. The molecule has 0 aromatic rings. The smallest absolute Gasteiger partial charge is 0.462 e. The lowest BCUT2D eigenvalue weighted by Crippen LogP contribution is -2.36. The Morgan fingerprint density at radius 2 is 0.764 bits per heavy atom. The monoisotopic (exact) mass is 1010 g/mol. The lowest BCUT2D eigenvalue weighted by atomic mass is 10.0. The van der Waals surface area contributed by atoms with Crippen molar-refractivity contribution in [2.24, 2.45) is 0 Å². The summed E-state index contributed by atoms with van der Waals surface area (Å²) in [7, 11) is 6.28. The average molecular weight is 1020 g/mol. The van der Waals surface area contributed by atoms with Crippen molar-refractivity contribution in [3.05, 3.63) is 48.6 Å². The summed E-state index contributed by atoms with van der Waals surface area (Å²) in [5, 5.41) is 0. The summed E-state index contributed by atoms with van der Waals surface area (Å²) in [4.78, 5) is 51.7. The van der Waals surface area contributed by atoms with E-state index >= 15 is 0 Å². The number of carbonyl (C=O) groups excluding carboxylic acids is 4. The number of hydrogen-bond acceptors (Lipinski definition) is 9. The number of esters is 3. The van der Waals surface area contributed by atoms with Gasteiger partial charge in [0.15, 0.2) is 6.10 Å². The zero-order chi connectivity index (χ0) is 52.9. The van der Waals surface area contributed by atoms with E-state index in [-0.39, 0.29) is 57.4 Å². The third kappa shape index (κ3) is 52.9. The van der Waals surface area contributed by atoms with E-state index in [4.69, 9.17) is 23.7 Å². The quantitative estimate of drug-likeness (QED) is 0.0193. The number of unbranched alkanes of at least 4 members (excludes halogenated alkanes) is 25. The highest BCUT2D eigenvalue weighted by molar-refractivity contribution is 5.71. The number of allylic oxidation sites excluding steroid dienone is 8. The number of ether oxygens (including phenoxy) is 5. The van der Waals surface area contributed by atoms with E-state index in [1.54, 1.807) is 0 Å². The predicted molar refractivity (Wildman–Crippen MR) is 300 cm³/mol. The van der Waals surface area contributed by atoms with Crippen molar-refractivity contribution in [2.45, 2.75) is 277 Å². The van der Waals surface area contributed by atoms with E-state index in [1.165, 1.54) is 96.3 Å². The van der Waals surface area contributed by atoms with Crippen molar-refractivity contribution in [1.29, 1.82) is 0 Å². The number of nitrogens with zero attached hydrogens (tertiary/aromatic N) is 1. The van der Waals surface area contributed by atoms with Gasteiger partial charge in [-0.2, -0.15) is 0 Å². The van der Waals surface area contributed by atoms with Gasteiger partial charge in [-0.1, -0.05) is 191 Å². The molecule has 1 unspecified atom stereocenters. The highest BCUT2D eigenvalue weighted by atomic mass is 16.7. The van der Waals surface area contributed by atoms with Gasteiger partial charge in [-0.25, -0.2) is 4.79 Å². The summed E-state index contributed by atoms with van der Waals surface area (Å²) >= 11 is 0. The number of rotatable bonds is 52. The van der Waals surface area contributed by atoms with E-state index in [2.05, 4.69) is 90.5 Å². The fourth-order valence-electron chi connectivity index (χ4n) is 8.30. The maximum Gasteiger partial charge on any atom is 0.508 e. The van der Waals surface area contributed by atoms with E-state index < -0.39 is 24.3 Å². The molecule has 0 bridgehead atoms. The van der Waals surface area contributed by atoms with Crippen LogP contribution in [0.1, 0.15) is 265 Å². The Bertz CT molecular complexity index is 1320. The second kappa shape index (κ2) is 52.5. The molecule has 0 rings (SSSR count). The molecule has 0 fully saturated rings. The summed E-state index contributed by atoms with van der Waals surface area (Å²) in [6, 6.07) is 0. The van der Waals surface area contributed by atoms with E-state index in [0.717, 1.165) is 127 Å². The largest absolute Gasteiger partial charge is 0.508 e. The van der Waals surface area contributed by atoms with Crippen LogP contribution in [0.3, 0.4) is 0 Å². The highest BCUT2D eigenvalue weighted by Crippen LogP contribution is 2.18. The Kier molecular flexibility index (Phi) is 50.0. The summed E-state index contributed by atoms with van der Waals surface area (Å²) < 4.78 is 28.9. The third-order valence-electron chi connectivity index (χ3n) is 12.8. The Morgan fingerprint density at radius 1 is 0.375 bits per heavy atom. The molecule has 10 heteroatoms. The number of quaternary nitrogens is 1. The fraction of sp³-hybridized carbons (Fsp3) is 0.806. The van der Waals surface area contributed by atoms with Gasteiger partial charge < -0.3 is 28.2 Å². The first-order chi connectivity index (χ1) is 35.0. The number of carbonyl (C=O) groups is 4. The molecule has 72 heavy (non-hydrogen) atoms. The lowest BCUT2D eigenvalue weighted by Gasteiger charge is -2.23. The van der Waals surface area contributed by atoms with Gasteiger partial charge in [-0.15, -0.1) is 0 Å². The fourth-order valence-corrected chi connectivity index (χ4v) is 8.30. The predicted octanol–water partition coefficient (Wildman–Crippen LogP) is 17.3. The van der Waals surface area contributed by atoms with Crippen LogP contribution in [-0.4, -0.2) is 88.3 Å². The van der Waals surface area contributed by atoms with Crippen LogP contribution >= 0.6 is 0 Å². The Labute approximate surface area is 442 Å². The Hall–Kier alpha value is -3.40. The average Bonchev–Trinajstić information content (AvgIpc) is 3.35. The van der Waals surface area contributed by atoms with Crippen molar-refractivity contribution >= 4 is 24.1 Å². The maximum atomic E-state index is 13.3. The molecule has 0 spiro atoms. The molecule has 418 valence electrons. The molecule has 0 saturated carbocycles. The molecular weight excluding hydrogens is 903 g/mol. The SMILES string of the molecule is CCCCC/C=C\C/C=C\CCCCCCCC(=O)OCC(COC(=O)CCCCCCC/C=C\C/C=C\CCCCC)OC(=O)CCC(CCCCCCCCCCCC)OC(=O)OCCC[N+](C)(C)C. The van der Waals surface area contributed by atoms with Crippen LogP contribution < -0.4 is 0 Å². The van der Waals surface area contributed by atoms with E-state index in [0.29, 0.717) is 6.42 Å². The first kappa shape index (κ1) is 68.6. The molecule has 10 nitrogen and oxygen atoms in total. The summed E-state index contributed by atoms with van der Waals surface area (Å²) in [6.45, 7) is 7.44. The summed E-state index contributed by atoms with van der Waals surface area (Å²) in [5.41, 5.74) is 0. The topological polar surface area (TPSA) is 114 Å². The minimum absolute atomic E-state index is 0.00642. The second-order valence-corrected chi connectivity index (χ2v) is 21.2. The van der Waals surface area contributed by atoms with Gasteiger partial charge in [-0.3, -0.25) is 14.4 Å². The minimum Gasteiger partial charge on any atom is -0.462 e. The minimum atomic E-state index is -0.938.